The smallest absolute Gasteiger partial charge is 0.393 e. The summed E-state index contributed by atoms with van der Waals surface area (Å²) in [6.07, 6.45) is -3.08. The summed E-state index contributed by atoms with van der Waals surface area (Å²) < 4.78 is 39.1. The second-order valence-electron chi connectivity index (χ2n) is 6.30. The molecule has 0 radical (unpaired) electrons. The quantitative estimate of drug-likeness (QED) is 0.408. The predicted octanol–water partition coefficient (Wildman–Crippen LogP) is 5.48. The predicted molar refractivity (Wildman–Crippen MR) is 109 cm³/mol. The molecule has 0 saturated carbocycles. The molecule has 4 N–H and O–H groups in total. The van der Waals surface area contributed by atoms with E-state index in [0.29, 0.717) is 16.6 Å². The van der Waals surface area contributed by atoms with E-state index in [1.165, 1.54) is 29.8 Å². The molecule has 0 saturated heterocycles. The van der Waals surface area contributed by atoms with Gasteiger partial charge in [-0.05, 0) is 48.9 Å². The maximum Gasteiger partial charge on any atom is 0.416 e. The van der Waals surface area contributed by atoms with E-state index in [-0.39, 0.29) is 11.5 Å². The molecule has 4 aromatic rings. The number of benzene rings is 2. The molecule has 6 nitrogen and oxygen atoms in total. The highest BCUT2D eigenvalue weighted by molar-refractivity contribution is 7.22. The van der Waals surface area contributed by atoms with Crippen LogP contribution in [0.25, 0.3) is 10.2 Å². The van der Waals surface area contributed by atoms with E-state index in [9.17, 15) is 13.2 Å². The molecule has 0 fully saturated rings. The van der Waals surface area contributed by atoms with Gasteiger partial charge in [-0.3, -0.25) is 0 Å². The second kappa shape index (κ2) is 7.21. The molecule has 10 heteroatoms. The fraction of sp³-hybridized carbons (Fsp3) is 0.105. The molecule has 4 rings (SSSR count). The van der Waals surface area contributed by atoms with E-state index in [0.717, 1.165) is 27.9 Å². The average Bonchev–Trinajstić information content (AvgIpc) is 3.06. The minimum Gasteiger partial charge on any atom is -0.393 e. The van der Waals surface area contributed by atoms with Gasteiger partial charge in [0.1, 0.15) is 12.0 Å². The number of halogens is 3. The third-order valence-corrected chi connectivity index (χ3v) is 5.06. The third kappa shape index (κ3) is 4.06. The van der Waals surface area contributed by atoms with Crippen LogP contribution in [-0.2, 0) is 6.18 Å². The zero-order valence-electron chi connectivity index (χ0n) is 15.1. The van der Waals surface area contributed by atoms with Gasteiger partial charge in [-0.25, -0.2) is 15.0 Å². The zero-order valence-corrected chi connectivity index (χ0v) is 15.9. The summed E-state index contributed by atoms with van der Waals surface area (Å²) in [4.78, 5) is 12.7. The molecule has 0 atom stereocenters. The van der Waals surface area contributed by atoms with Gasteiger partial charge in [0.2, 0.25) is 0 Å². The summed E-state index contributed by atoms with van der Waals surface area (Å²) in [5, 5.41) is 6.61. The van der Waals surface area contributed by atoms with Crippen LogP contribution < -0.4 is 16.4 Å². The first kappa shape index (κ1) is 18.9. The summed E-state index contributed by atoms with van der Waals surface area (Å²) >= 11 is 1.46. The molecule has 2 aromatic carbocycles. The van der Waals surface area contributed by atoms with E-state index in [1.807, 2.05) is 25.1 Å². The van der Waals surface area contributed by atoms with Crippen molar-refractivity contribution in [3.63, 3.8) is 0 Å². The first-order valence-corrected chi connectivity index (χ1v) is 9.30. The van der Waals surface area contributed by atoms with Crippen LogP contribution in [0.3, 0.4) is 0 Å². The summed E-state index contributed by atoms with van der Waals surface area (Å²) in [6.45, 7) is 2.01. The lowest BCUT2D eigenvalue weighted by molar-refractivity contribution is -0.137. The summed E-state index contributed by atoms with van der Waals surface area (Å²) in [6, 6.07) is 10.6. The first-order chi connectivity index (χ1) is 13.8. The number of nitrogens with two attached hydrogens (primary N) is 1. The van der Waals surface area contributed by atoms with Crippen molar-refractivity contribution >= 4 is 49.7 Å². The molecule has 2 aromatic heterocycles. The Kier molecular flexibility index (Phi) is 4.71. The number of anilines is 5. The van der Waals surface area contributed by atoms with Crippen molar-refractivity contribution in [1.29, 1.82) is 0 Å². The largest absolute Gasteiger partial charge is 0.416 e. The Morgan fingerprint density at radius 2 is 1.66 bits per heavy atom. The third-order valence-electron chi connectivity index (χ3n) is 4.13. The number of hydrogen-bond acceptors (Lipinski definition) is 7. The molecule has 0 aliphatic heterocycles. The van der Waals surface area contributed by atoms with Crippen molar-refractivity contribution in [2.24, 2.45) is 0 Å². The number of hydrogen-bond donors (Lipinski definition) is 3. The Morgan fingerprint density at radius 3 is 2.34 bits per heavy atom. The normalized spacial score (nSPS) is 11.6. The lowest BCUT2D eigenvalue weighted by Gasteiger charge is -2.12. The number of nitrogens with zero attached hydrogens (tertiary/aromatic N) is 3. The highest BCUT2D eigenvalue weighted by Crippen LogP contribution is 2.33. The van der Waals surface area contributed by atoms with Crippen LogP contribution in [0.2, 0.25) is 0 Å². The average molecular weight is 416 g/mol. The molecular formula is C19H15F3N6S. The minimum atomic E-state index is -4.39. The van der Waals surface area contributed by atoms with Crippen LogP contribution >= 0.6 is 11.3 Å². The van der Waals surface area contributed by atoms with Gasteiger partial charge in [0, 0.05) is 5.69 Å². The summed E-state index contributed by atoms with van der Waals surface area (Å²) in [5.41, 5.74) is 8.06. The van der Waals surface area contributed by atoms with Crippen molar-refractivity contribution in [3.8, 4) is 0 Å². The maximum atomic E-state index is 12.7. The minimum absolute atomic E-state index is 0.225. The Morgan fingerprint density at radius 1 is 0.966 bits per heavy atom. The number of alkyl halides is 3. The fourth-order valence-corrected chi connectivity index (χ4v) is 3.62. The van der Waals surface area contributed by atoms with Gasteiger partial charge >= 0.3 is 6.18 Å². The molecule has 0 aliphatic rings. The molecule has 0 spiro atoms. The SMILES string of the molecule is Cc1ccc2nc(Nc3ncnc(Nc4ccc(C(F)(F)F)cc4)c3N)sc2c1. The maximum absolute atomic E-state index is 12.7. The second-order valence-corrected chi connectivity index (χ2v) is 7.33. The highest BCUT2D eigenvalue weighted by atomic mass is 32.1. The molecule has 0 bridgehead atoms. The number of nitrogens with one attached hydrogen (secondary N) is 2. The van der Waals surface area contributed by atoms with Crippen LogP contribution in [0.15, 0.2) is 48.8 Å². The van der Waals surface area contributed by atoms with Gasteiger partial charge in [0.25, 0.3) is 0 Å². The van der Waals surface area contributed by atoms with Crippen molar-refractivity contribution in [2.45, 2.75) is 13.1 Å². The Labute approximate surface area is 167 Å². The number of nitrogen functional groups attached to an aromatic ring is 1. The van der Waals surface area contributed by atoms with Gasteiger partial charge < -0.3 is 16.4 Å². The lowest BCUT2D eigenvalue weighted by Crippen LogP contribution is -2.06. The molecule has 0 amide bonds. The van der Waals surface area contributed by atoms with E-state index in [1.54, 1.807) is 0 Å². The Bertz CT molecular complexity index is 1170. The van der Waals surface area contributed by atoms with Gasteiger partial charge in [-0.2, -0.15) is 13.2 Å². The molecule has 148 valence electrons. The van der Waals surface area contributed by atoms with Crippen molar-refractivity contribution in [3.05, 3.63) is 59.9 Å². The number of fused-ring (bicyclic) bond motifs is 1. The van der Waals surface area contributed by atoms with Gasteiger partial charge in [0.05, 0.1) is 15.8 Å². The number of thiazole rings is 1. The molecular weight excluding hydrogens is 401 g/mol. The first-order valence-electron chi connectivity index (χ1n) is 8.48. The van der Waals surface area contributed by atoms with E-state index >= 15 is 0 Å². The van der Waals surface area contributed by atoms with Crippen molar-refractivity contribution < 1.29 is 13.2 Å². The van der Waals surface area contributed by atoms with Crippen LogP contribution in [-0.4, -0.2) is 15.0 Å². The molecule has 0 aliphatic carbocycles. The molecule has 0 unspecified atom stereocenters. The number of rotatable bonds is 4. The monoisotopic (exact) mass is 416 g/mol. The number of aryl methyl sites for hydroxylation is 1. The van der Waals surface area contributed by atoms with Gasteiger partial charge in [-0.1, -0.05) is 17.4 Å². The topological polar surface area (TPSA) is 88.8 Å². The lowest BCUT2D eigenvalue weighted by atomic mass is 10.2. The van der Waals surface area contributed by atoms with Crippen LogP contribution in [0.4, 0.5) is 41.3 Å². The van der Waals surface area contributed by atoms with Crippen molar-refractivity contribution in [2.75, 3.05) is 16.4 Å². The molecule has 29 heavy (non-hydrogen) atoms. The summed E-state index contributed by atoms with van der Waals surface area (Å²) in [7, 11) is 0. The Hall–Kier alpha value is -3.40. The van der Waals surface area contributed by atoms with Crippen molar-refractivity contribution in [1.82, 2.24) is 15.0 Å². The summed E-state index contributed by atoms with van der Waals surface area (Å²) in [5.74, 6) is 0.629. The van der Waals surface area contributed by atoms with Crippen LogP contribution in [0.5, 0.6) is 0 Å². The standard InChI is InChI=1S/C19H15F3N6S/c1-10-2-7-13-14(8-10)29-18(27-13)28-17-15(23)16(24-9-25-17)26-12-5-3-11(4-6-12)19(20,21)22/h2-9H,23H2,1H3,(H2,24,25,26,27,28). The Balaban J connectivity index is 1.56. The molecule has 2 heterocycles. The van der Waals surface area contributed by atoms with Crippen LogP contribution in [0.1, 0.15) is 11.1 Å². The fourth-order valence-electron chi connectivity index (χ4n) is 2.66. The van der Waals surface area contributed by atoms with Crippen LogP contribution in [0, 0.1) is 6.92 Å². The van der Waals surface area contributed by atoms with E-state index in [4.69, 9.17) is 5.73 Å². The highest BCUT2D eigenvalue weighted by Gasteiger charge is 2.30. The number of aromatic nitrogens is 3. The van der Waals surface area contributed by atoms with Gasteiger partial charge in [0.15, 0.2) is 16.8 Å². The van der Waals surface area contributed by atoms with E-state index in [2.05, 4.69) is 25.6 Å². The van der Waals surface area contributed by atoms with Gasteiger partial charge in [-0.15, -0.1) is 0 Å². The van der Waals surface area contributed by atoms with E-state index < -0.39 is 11.7 Å². The zero-order chi connectivity index (χ0) is 20.6.